The third kappa shape index (κ3) is 4.28. The van der Waals surface area contributed by atoms with E-state index in [1.54, 1.807) is 0 Å². The SMILES string of the molecule is CCC1CC(NC(C(=O)OC)C(C)C)CCO1. The molecule has 4 nitrogen and oxygen atoms in total. The number of esters is 1. The van der Waals surface area contributed by atoms with Crippen molar-refractivity contribution in [2.24, 2.45) is 5.92 Å². The minimum atomic E-state index is -0.208. The fourth-order valence-electron chi connectivity index (χ4n) is 2.23. The smallest absolute Gasteiger partial charge is 0.323 e. The lowest BCUT2D eigenvalue weighted by Gasteiger charge is -2.33. The summed E-state index contributed by atoms with van der Waals surface area (Å²) in [6.07, 6.45) is 3.31. The highest BCUT2D eigenvalue weighted by Gasteiger charge is 2.29. The first-order valence-electron chi connectivity index (χ1n) is 6.54. The minimum absolute atomic E-state index is 0.167. The first-order chi connectivity index (χ1) is 8.08. The molecular formula is C13H25NO3. The maximum Gasteiger partial charge on any atom is 0.323 e. The minimum Gasteiger partial charge on any atom is -0.468 e. The van der Waals surface area contributed by atoms with E-state index in [0.717, 1.165) is 25.9 Å². The van der Waals surface area contributed by atoms with E-state index in [0.29, 0.717) is 12.1 Å². The van der Waals surface area contributed by atoms with Gasteiger partial charge >= 0.3 is 5.97 Å². The molecule has 0 saturated carbocycles. The van der Waals surface area contributed by atoms with Crippen molar-refractivity contribution < 1.29 is 14.3 Å². The van der Waals surface area contributed by atoms with E-state index in [2.05, 4.69) is 12.2 Å². The van der Waals surface area contributed by atoms with Crippen LogP contribution in [0.5, 0.6) is 0 Å². The highest BCUT2D eigenvalue weighted by Crippen LogP contribution is 2.18. The van der Waals surface area contributed by atoms with Crippen molar-refractivity contribution >= 4 is 5.97 Å². The van der Waals surface area contributed by atoms with Gasteiger partial charge in [-0.1, -0.05) is 20.8 Å². The summed E-state index contributed by atoms with van der Waals surface area (Å²) in [5, 5.41) is 3.42. The lowest BCUT2D eigenvalue weighted by atomic mass is 9.97. The zero-order valence-electron chi connectivity index (χ0n) is 11.4. The van der Waals surface area contributed by atoms with Crippen LogP contribution in [0.2, 0.25) is 0 Å². The monoisotopic (exact) mass is 243 g/mol. The standard InChI is InChI=1S/C13H25NO3/c1-5-11-8-10(6-7-17-11)14-12(9(2)3)13(15)16-4/h9-12,14H,5-8H2,1-4H3. The third-order valence-electron chi connectivity index (χ3n) is 3.36. The number of hydrogen-bond donors (Lipinski definition) is 1. The molecule has 17 heavy (non-hydrogen) atoms. The second-order valence-electron chi connectivity index (χ2n) is 5.03. The fraction of sp³-hybridized carbons (Fsp3) is 0.923. The van der Waals surface area contributed by atoms with Crippen molar-refractivity contribution in [1.82, 2.24) is 5.32 Å². The quantitative estimate of drug-likeness (QED) is 0.747. The molecule has 1 rings (SSSR count). The molecule has 0 aliphatic carbocycles. The van der Waals surface area contributed by atoms with E-state index >= 15 is 0 Å². The van der Waals surface area contributed by atoms with Gasteiger partial charge in [-0.3, -0.25) is 4.79 Å². The molecule has 0 radical (unpaired) electrons. The van der Waals surface area contributed by atoms with Crippen molar-refractivity contribution in [3.8, 4) is 0 Å². The van der Waals surface area contributed by atoms with Crippen LogP contribution < -0.4 is 5.32 Å². The highest BCUT2D eigenvalue weighted by atomic mass is 16.5. The number of carbonyl (C=O) groups is 1. The van der Waals surface area contributed by atoms with Crippen LogP contribution in [0, 0.1) is 5.92 Å². The summed E-state index contributed by atoms with van der Waals surface area (Å²) in [5.74, 6) is 0.0740. The van der Waals surface area contributed by atoms with Gasteiger partial charge in [-0.05, 0) is 25.2 Å². The Morgan fingerprint density at radius 3 is 2.76 bits per heavy atom. The van der Waals surface area contributed by atoms with Crippen molar-refractivity contribution in [3.05, 3.63) is 0 Å². The van der Waals surface area contributed by atoms with E-state index in [4.69, 9.17) is 9.47 Å². The Morgan fingerprint density at radius 1 is 1.53 bits per heavy atom. The molecule has 3 atom stereocenters. The van der Waals surface area contributed by atoms with Gasteiger partial charge in [0.15, 0.2) is 0 Å². The van der Waals surface area contributed by atoms with Gasteiger partial charge in [0.05, 0.1) is 13.2 Å². The molecule has 100 valence electrons. The summed E-state index contributed by atoms with van der Waals surface area (Å²) < 4.78 is 10.5. The number of ether oxygens (including phenoxy) is 2. The molecule has 0 aromatic carbocycles. The Labute approximate surface area is 104 Å². The normalized spacial score (nSPS) is 26.9. The molecule has 1 N–H and O–H groups in total. The molecule has 1 saturated heterocycles. The molecule has 0 amide bonds. The number of nitrogens with one attached hydrogen (secondary N) is 1. The first kappa shape index (κ1) is 14.5. The van der Waals surface area contributed by atoms with Crippen LogP contribution in [-0.4, -0.2) is 37.9 Å². The van der Waals surface area contributed by atoms with Crippen LogP contribution in [0.3, 0.4) is 0 Å². The average molecular weight is 243 g/mol. The Kier molecular flexibility index (Phi) is 5.92. The van der Waals surface area contributed by atoms with Crippen LogP contribution >= 0.6 is 0 Å². The van der Waals surface area contributed by atoms with E-state index in [1.807, 2.05) is 13.8 Å². The second-order valence-corrected chi connectivity index (χ2v) is 5.03. The zero-order valence-corrected chi connectivity index (χ0v) is 11.4. The average Bonchev–Trinajstić information content (AvgIpc) is 2.35. The van der Waals surface area contributed by atoms with Gasteiger partial charge < -0.3 is 14.8 Å². The Hall–Kier alpha value is -0.610. The van der Waals surface area contributed by atoms with Gasteiger partial charge in [-0.25, -0.2) is 0 Å². The number of carbonyl (C=O) groups excluding carboxylic acids is 1. The van der Waals surface area contributed by atoms with E-state index in [-0.39, 0.29) is 17.9 Å². The molecule has 1 aliphatic rings. The summed E-state index contributed by atoms with van der Waals surface area (Å²) in [5.41, 5.74) is 0. The van der Waals surface area contributed by atoms with E-state index in [1.165, 1.54) is 7.11 Å². The molecule has 1 aliphatic heterocycles. The van der Waals surface area contributed by atoms with E-state index in [9.17, 15) is 4.79 Å². The maximum absolute atomic E-state index is 11.7. The number of methoxy groups -OCH3 is 1. The Bertz CT molecular complexity index is 243. The van der Waals surface area contributed by atoms with Gasteiger partial charge in [0.1, 0.15) is 6.04 Å². The lowest BCUT2D eigenvalue weighted by Crippen LogP contribution is -2.50. The summed E-state index contributed by atoms with van der Waals surface area (Å²) in [6.45, 7) is 6.98. The summed E-state index contributed by atoms with van der Waals surface area (Å²) in [7, 11) is 1.44. The van der Waals surface area contributed by atoms with Gasteiger partial charge in [-0.2, -0.15) is 0 Å². The lowest BCUT2D eigenvalue weighted by molar-refractivity contribution is -0.145. The van der Waals surface area contributed by atoms with Crippen LogP contribution in [0.25, 0.3) is 0 Å². The number of rotatable bonds is 5. The predicted molar refractivity (Wildman–Crippen MR) is 66.8 cm³/mol. The van der Waals surface area contributed by atoms with Crippen LogP contribution in [0.4, 0.5) is 0 Å². The molecule has 4 heteroatoms. The molecule has 3 unspecified atom stereocenters. The first-order valence-corrected chi connectivity index (χ1v) is 6.54. The zero-order chi connectivity index (χ0) is 12.8. The maximum atomic E-state index is 11.7. The molecule has 0 aromatic rings. The van der Waals surface area contributed by atoms with Crippen molar-refractivity contribution in [2.45, 2.75) is 58.2 Å². The van der Waals surface area contributed by atoms with Crippen molar-refractivity contribution in [2.75, 3.05) is 13.7 Å². The third-order valence-corrected chi connectivity index (χ3v) is 3.36. The molecular weight excluding hydrogens is 218 g/mol. The second kappa shape index (κ2) is 6.97. The summed E-state index contributed by atoms with van der Waals surface area (Å²) in [4.78, 5) is 11.7. The van der Waals surface area contributed by atoms with Gasteiger partial charge in [0.25, 0.3) is 0 Å². The van der Waals surface area contributed by atoms with Gasteiger partial charge in [0, 0.05) is 12.6 Å². The van der Waals surface area contributed by atoms with Crippen molar-refractivity contribution in [1.29, 1.82) is 0 Å². The van der Waals surface area contributed by atoms with Crippen LogP contribution in [0.1, 0.15) is 40.0 Å². The van der Waals surface area contributed by atoms with Gasteiger partial charge in [-0.15, -0.1) is 0 Å². The Morgan fingerprint density at radius 2 is 2.24 bits per heavy atom. The molecule has 0 aromatic heterocycles. The molecule has 1 heterocycles. The number of hydrogen-bond acceptors (Lipinski definition) is 4. The van der Waals surface area contributed by atoms with E-state index < -0.39 is 0 Å². The molecule has 0 bridgehead atoms. The fourth-order valence-corrected chi connectivity index (χ4v) is 2.23. The summed E-state index contributed by atoms with van der Waals surface area (Å²) in [6, 6.07) is 0.154. The summed E-state index contributed by atoms with van der Waals surface area (Å²) >= 11 is 0. The largest absolute Gasteiger partial charge is 0.468 e. The predicted octanol–water partition coefficient (Wildman–Crippen LogP) is 1.73. The van der Waals surface area contributed by atoms with Gasteiger partial charge in [0.2, 0.25) is 0 Å². The molecule has 1 fully saturated rings. The van der Waals surface area contributed by atoms with Crippen LogP contribution in [-0.2, 0) is 14.3 Å². The highest BCUT2D eigenvalue weighted by molar-refractivity contribution is 5.75. The molecule has 0 spiro atoms. The van der Waals surface area contributed by atoms with Crippen molar-refractivity contribution in [3.63, 3.8) is 0 Å². The topological polar surface area (TPSA) is 47.6 Å². The Balaban J connectivity index is 2.51. The van der Waals surface area contributed by atoms with Crippen LogP contribution in [0.15, 0.2) is 0 Å².